The molecule has 1 aromatic heterocycles. The van der Waals surface area contributed by atoms with Gasteiger partial charge in [0.25, 0.3) is 0 Å². The molecule has 6 heteroatoms. The number of aliphatic imine (C=N–C) groups is 1. The first-order valence-electron chi connectivity index (χ1n) is 10.6. The summed E-state index contributed by atoms with van der Waals surface area (Å²) in [6, 6.07) is 21.8. The van der Waals surface area contributed by atoms with Gasteiger partial charge >= 0.3 is 0 Å². The summed E-state index contributed by atoms with van der Waals surface area (Å²) in [6.45, 7) is 4.90. The van der Waals surface area contributed by atoms with E-state index in [9.17, 15) is 0 Å². The van der Waals surface area contributed by atoms with Crippen molar-refractivity contribution in [2.75, 3.05) is 13.6 Å². The van der Waals surface area contributed by atoms with Gasteiger partial charge in [0.05, 0.1) is 18.4 Å². The van der Waals surface area contributed by atoms with Gasteiger partial charge in [0.1, 0.15) is 5.82 Å². The molecule has 30 heavy (non-hydrogen) atoms. The number of aromatic nitrogens is 2. The summed E-state index contributed by atoms with van der Waals surface area (Å²) < 4.78 is 0. The number of likely N-dealkylation sites (tertiary alicyclic amines) is 1. The zero-order valence-electron chi connectivity index (χ0n) is 17.7. The fourth-order valence-electron chi connectivity index (χ4n) is 4.01. The maximum atomic E-state index is 4.49. The van der Waals surface area contributed by atoms with Crippen LogP contribution in [0.3, 0.4) is 0 Å². The van der Waals surface area contributed by atoms with Gasteiger partial charge < -0.3 is 15.6 Å². The second-order valence-corrected chi connectivity index (χ2v) is 7.88. The zero-order chi connectivity index (χ0) is 20.8. The average molecular weight is 403 g/mol. The normalized spacial score (nSPS) is 19.7. The van der Waals surface area contributed by atoms with Crippen molar-refractivity contribution in [3.05, 3.63) is 78.2 Å². The standard InChI is InChI=1S/C24H30N6/c1-18-13-21(17-30(18)16-19-9-5-3-6-10-19)28-24(25-2)27-15-23-26-14-22(29-23)20-11-7-4-8-12-20/h3-12,14,18,21H,13,15-17H2,1-2H3,(H,26,29)(H2,25,27,28). The molecular weight excluding hydrogens is 372 g/mol. The van der Waals surface area contributed by atoms with Crippen molar-refractivity contribution in [3.8, 4) is 11.3 Å². The highest BCUT2D eigenvalue weighted by Crippen LogP contribution is 2.20. The van der Waals surface area contributed by atoms with Crippen LogP contribution in [0.2, 0.25) is 0 Å². The number of benzene rings is 2. The first kappa shape index (κ1) is 20.2. The molecule has 156 valence electrons. The van der Waals surface area contributed by atoms with Crippen LogP contribution in [-0.2, 0) is 13.1 Å². The van der Waals surface area contributed by atoms with E-state index < -0.39 is 0 Å². The van der Waals surface area contributed by atoms with Gasteiger partial charge in [-0.25, -0.2) is 4.98 Å². The van der Waals surface area contributed by atoms with Gasteiger partial charge in [0.2, 0.25) is 0 Å². The predicted molar refractivity (Wildman–Crippen MR) is 122 cm³/mol. The highest BCUT2D eigenvalue weighted by Gasteiger charge is 2.29. The molecule has 0 amide bonds. The molecule has 2 heterocycles. The van der Waals surface area contributed by atoms with E-state index in [1.54, 1.807) is 0 Å². The molecule has 0 saturated carbocycles. The molecule has 1 fully saturated rings. The van der Waals surface area contributed by atoms with E-state index in [4.69, 9.17) is 0 Å². The Morgan fingerprint density at radius 2 is 1.87 bits per heavy atom. The number of H-pyrrole nitrogens is 1. The van der Waals surface area contributed by atoms with Crippen molar-refractivity contribution in [2.45, 2.75) is 38.5 Å². The van der Waals surface area contributed by atoms with Gasteiger partial charge in [-0.3, -0.25) is 9.89 Å². The predicted octanol–water partition coefficient (Wildman–Crippen LogP) is 3.40. The van der Waals surface area contributed by atoms with Crippen molar-refractivity contribution in [2.24, 2.45) is 4.99 Å². The minimum atomic E-state index is 0.381. The molecule has 1 saturated heterocycles. The molecule has 2 atom stereocenters. The van der Waals surface area contributed by atoms with E-state index in [0.29, 0.717) is 18.6 Å². The number of guanidine groups is 1. The van der Waals surface area contributed by atoms with Crippen LogP contribution in [-0.4, -0.2) is 46.5 Å². The maximum Gasteiger partial charge on any atom is 0.191 e. The summed E-state index contributed by atoms with van der Waals surface area (Å²) in [5, 5.41) is 6.96. The summed E-state index contributed by atoms with van der Waals surface area (Å²) in [7, 11) is 1.81. The van der Waals surface area contributed by atoms with Crippen LogP contribution >= 0.6 is 0 Å². The van der Waals surface area contributed by atoms with Gasteiger partial charge in [-0.1, -0.05) is 60.7 Å². The second kappa shape index (κ2) is 9.59. The summed E-state index contributed by atoms with van der Waals surface area (Å²) in [6.07, 6.45) is 2.98. The molecule has 2 unspecified atom stereocenters. The van der Waals surface area contributed by atoms with Crippen molar-refractivity contribution >= 4 is 5.96 Å². The summed E-state index contributed by atoms with van der Waals surface area (Å²) in [5.41, 5.74) is 3.52. The quantitative estimate of drug-likeness (QED) is 0.437. The Morgan fingerprint density at radius 1 is 1.13 bits per heavy atom. The van der Waals surface area contributed by atoms with E-state index in [1.807, 2.05) is 31.4 Å². The number of nitrogens with one attached hydrogen (secondary N) is 3. The van der Waals surface area contributed by atoms with E-state index in [1.165, 1.54) is 5.56 Å². The lowest BCUT2D eigenvalue weighted by Crippen LogP contribution is -2.44. The molecule has 4 rings (SSSR count). The lowest BCUT2D eigenvalue weighted by Gasteiger charge is -2.21. The van der Waals surface area contributed by atoms with Crippen LogP contribution in [0.1, 0.15) is 24.7 Å². The van der Waals surface area contributed by atoms with E-state index in [0.717, 1.165) is 42.6 Å². The molecule has 0 spiro atoms. The third kappa shape index (κ3) is 5.07. The van der Waals surface area contributed by atoms with Crippen molar-refractivity contribution in [3.63, 3.8) is 0 Å². The molecule has 2 aromatic carbocycles. The summed E-state index contributed by atoms with van der Waals surface area (Å²) in [5.74, 6) is 1.70. The van der Waals surface area contributed by atoms with E-state index >= 15 is 0 Å². The Labute approximate surface area is 178 Å². The fraction of sp³-hybridized carbons (Fsp3) is 0.333. The first-order chi connectivity index (χ1) is 14.7. The maximum absolute atomic E-state index is 4.49. The Hall–Kier alpha value is -3.12. The number of hydrogen-bond acceptors (Lipinski definition) is 3. The van der Waals surface area contributed by atoms with Crippen molar-refractivity contribution < 1.29 is 0 Å². The largest absolute Gasteiger partial charge is 0.352 e. The van der Waals surface area contributed by atoms with Crippen LogP contribution in [0, 0.1) is 0 Å². The molecule has 0 aliphatic carbocycles. The van der Waals surface area contributed by atoms with Gasteiger partial charge in [0, 0.05) is 32.2 Å². The van der Waals surface area contributed by atoms with Crippen LogP contribution < -0.4 is 10.6 Å². The molecular formula is C24H30N6. The minimum Gasteiger partial charge on any atom is -0.352 e. The lowest BCUT2D eigenvalue weighted by atomic mass is 10.2. The SMILES string of the molecule is CN=C(NCc1ncc(-c2ccccc2)[nH]1)NC1CC(C)N(Cc2ccccc2)C1. The Balaban J connectivity index is 1.29. The highest BCUT2D eigenvalue weighted by molar-refractivity contribution is 5.80. The lowest BCUT2D eigenvalue weighted by molar-refractivity contribution is 0.258. The van der Waals surface area contributed by atoms with Gasteiger partial charge in [0.15, 0.2) is 5.96 Å². The monoisotopic (exact) mass is 402 g/mol. The van der Waals surface area contributed by atoms with Crippen LogP contribution in [0.15, 0.2) is 71.9 Å². The van der Waals surface area contributed by atoms with Crippen LogP contribution in [0.5, 0.6) is 0 Å². The van der Waals surface area contributed by atoms with Crippen LogP contribution in [0.4, 0.5) is 0 Å². The molecule has 1 aliphatic rings. The molecule has 3 aromatic rings. The minimum absolute atomic E-state index is 0.381. The van der Waals surface area contributed by atoms with E-state index in [2.05, 4.69) is 79.9 Å². The molecule has 0 bridgehead atoms. The average Bonchev–Trinajstić information content (AvgIpc) is 3.39. The molecule has 3 N–H and O–H groups in total. The summed E-state index contributed by atoms with van der Waals surface area (Å²) in [4.78, 5) is 14.8. The number of hydrogen-bond donors (Lipinski definition) is 3. The Kier molecular flexibility index (Phi) is 6.44. The van der Waals surface area contributed by atoms with Crippen molar-refractivity contribution in [1.82, 2.24) is 25.5 Å². The van der Waals surface area contributed by atoms with E-state index in [-0.39, 0.29) is 0 Å². The number of rotatable bonds is 6. The number of imidazole rings is 1. The van der Waals surface area contributed by atoms with Crippen LogP contribution in [0.25, 0.3) is 11.3 Å². The van der Waals surface area contributed by atoms with Gasteiger partial charge in [-0.05, 0) is 24.5 Å². The Morgan fingerprint density at radius 3 is 2.60 bits per heavy atom. The number of aromatic amines is 1. The Bertz CT molecular complexity index is 950. The van der Waals surface area contributed by atoms with Gasteiger partial charge in [-0.2, -0.15) is 0 Å². The zero-order valence-corrected chi connectivity index (χ0v) is 17.7. The fourth-order valence-corrected chi connectivity index (χ4v) is 4.01. The summed E-state index contributed by atoms with van der Waals surface area (Å²) >= 11 is 0. The second-order valence-electron chi connectivity index (χ2n) is 7.88. The topological polar surface area (TPSA) is 68.3 Å². The van der Waals surface area contributed by atoms with Crippen molar-refractivity contribution in [1.29, 1.82) is 0 Å². The van der Waals surface area contributed by atoms with Gasteiger partial charge in [-0.15, -0.1) is 0 Å². The molecule has 1 aliphatic heterocycles. The third-order valence-electron chi connectivity index (χ3n) is 5.63. The highest BCUT2D eigenvalue weighted by atomic mass is 15.3. The third-order valence-corrected chi connectivity index (χ3v) is 5.63. The molecule has 0 radical (unpaired) electrons. The molecule has 6 nitrogen and oxygen atoms in total. The number of nitrogens with zero attached hydrogens (tertiary/aromatic N) is 3. The first-order valence-corrected chi connectivity index (χ1v) is 10.6. The smallest absolute Gasteiger partial charge is 0.191 e.